The monoisotopic (exact) mass is 1080 g/mol. The Balaban J connectivity index is 0.000000168. The first-order valence-corrected chi connectivity index (χ1v) is 26.9. The minimum Gasteiger partial charge on any atom is -0.504 e. The molecular weight excluding hydrogens is 1020 g/mol. The molecule has 4 unspecified atom stereocenters. The molecule has 0 aliphatic carbocycles. The van der Waals surface area contributed by atoms with E-state index in [1.807, 2.05) is 41.8 Å². The highest BCUT2D eigenvalue weighted by Gasteiger charge is 2.59. The highest BCUT2D eigenvalue weighted by Crippen LogP contribution is 2.61. The molecule has 0 radical (unpaired) electrons. The minimum absolute atomic E-state index is 0.0239. The summed E-state index contributed by atoms with van der Waals surface area (Å²) in [5.74, 6) is 4.28. The van der Waals surface area contributed by atoms with Crippen LogP contribution < -0.4 is 42.6 Å². The molecule has 0 spiro atoms. The van der Waals surface area contributed by atoms with Gasteiger partial charge >= 0.3 is 11.9 Å². The first kappa shape index (κ1) is 53.9. The molecule has 10 atom stereocenters. The van der Waals surface area contributed by atoms with Gasteiger partial charge in [0, 0.05) is 95.7 Å². The van der Waals surface area contributed by atoms with Crippen molar-refractivity contribution in [2.45, 2.75) is 141 Å². The number of carbonyl (C=O) groups excluding carboxylic acids is 2. The van der Waals surface area contributed by atoms with Crippen LogP contribution in [-0.4, -0.2) is 140 Å². The van der Waals surface area contributed by atoms with Crippen molar-refractivity contribution >= 4 is 11.9 Å². The maximum atomic E-state index is 12.3. The molecule has 0 amide bonds. The van der Waals surface area contributed by atoms with Crippen LogP contribution in [0.1, 0.15) is 118 Å². The van der Waals surface area contributed by atoms with Gasteiger partial charge in [-0.2, -0.15) is 10.5 Å². The molecule has 4 bridgehead atoms. The van der Waals surface area contributed by atoms with E-state index in [0.29, 0.717) is 88.6 Å². The van der Waals surface area contributed by atoms with Crippen molar-refractivity contribution in [2.75, 3.05) is 62.4 Å². The summed E-state index contributed by atoms with van der Waals surface area (Å²) in [6, 6.07) is 6.69. The van der Waals surface area contributed by atoms with Crippen LogP contribution in [0.2, 0.25) is 0 Å². The topological polar surface area (TPSA) is 227 Å². The highest BCUT2D eigenvalue weighted by molar-refractivity contribution is 5.76. The number of carbonyl (C=O) groups is 2. The van der Waals surface area contributed by atoms with E-state index in [9.17, 15) is 30.3 Å². The van der Waals surface area contributed by atoms with E-state index < -0.39 is 24.0 Å². The van der Waals surface area contributed by atoms with Gasteiger partial charge in [-0.1, -0.05) is 19.1 Å². The number of esters is 2. The quantitative estimate of drug-likeness (QED) is 0.103. The lowest BCUT2D eigenvalue weighted by molar-refractivity contribution is -0.133. The van der Waals surface area contributed by atoms with Gasteiger partial charge in [-0.25, -0.2) is 0 Å². The standard InChI is InChI=1S/C30H35N3O8.C29H33N3O6/c1-14-7-17-8-19-21(10-31)33-20(25(32(19)4)23(17)29(26(14)37-6)38-12-36-5)9-18-24(22(33)11-34)30-28(39-13-40-30)15(2)27(18)41-16(3)35;1-7-18-23-17(27(38-15(4)33)14(3)28-29(23)37-12-36-28)10-20-24-22-16(8-13(2)26(35-6)25(22)34)9-19(31(24)5)21(11-30)32(18)20/h7,19-22,25,34H,8-9,11-13H2,1-6H3;8,18-21,24,34H,7,9-10,12H2,1-6H3/t19-,20?,21?,22-,25-;18-,19-,20?,21?,24-/m00/s1. The van der Waals surface area contributed by atoms with Gasteiger partial charge in [-0.3, -0.25) is 29.2 Å². The first-order chi connectivity index (χ1) is 38.0. The number of aliphatic hydroxyl groups excluding tert-OH is 1. The molecule has 8 aliphatic heterocycles. The van der Waals surface area contributed by atoms with Crippen LogP contribution in [0.3, 0.4) is 0 Å². The number of aromatic hydroxyl groups is 1. The zero-order valence-corrected chi connectivity index (χ0v) is 46.8. The molecule has 4 aromatic rings. The van der Waals surface area contributed by atoms with Crippen molar-refractivity contribution in [1.82, 2.24) is 19.6 Å². The average molecular weight is 1090 g/mol. The summed E-state index contributed by atoms with van der Waals surface area (Å²) in [7, 11) is 8.85. The molecule has 418 valence electrons. The second-order valence-corrected chi connectivity index (χ2v) is 21.8. The van der Waals surface area contributed by atoms with E-state index in [2.05, 4.69) is 50.8 Å². The van der Waals surface area contributed by atoms with Crippen LogP contribution in [0.4, 0.5) is 0 Å². The third kappa shape index (κ3) is 8.03. The number of nitrogens with zero attached hydrogens (tertiary/aromatic N) is 6. The number of hydrogen-bond donors (Lipinski definition) is 2. The molecule has 8 heterocycles. The number of methoxy groups -OCH3 is 3. The summed E-state index contributed by atoms with van der Waals surface area (Å²) in [5, 5.41) is 43.6. The smallest absolute Gasteiger partial charge is 0.308 e. The van der Waals surface area contributed by atoms with Gasteiger partial charge < -0.3 is 57.6 Å². The Labute approximate surface area is 459 Å². The van der Waals surface area contributed by atoms with E-state index in [-0.39, 0.29) is 81.1 Å². The van der Waals surface area contributed by atoms with Gasteiger partial charge in [0.2, 0.25) is 13.6 Å². The van der Waals surface area contributed by atoms with Crippen molar-refractivity contribution in [3.05, 3.63) is 78.9 Å². The van der Waals surface area contributed by atoms with Crippen LogP contribution in [0, 0.1) is 50.4 Å². The summed E-state index contributed by atoms with van der Waals surface area (Å²) >= 11 is 0. The molecule has 79 heavy (non-hydrogen) atoms. The normalized spacial score (nSPS) is 26.5. The molecule has 12 rings (SSSR count). The number of fused-ring (bicyclic) bond motifs is 18. The number of nitriles is 2. The largest absolute Gasteiger partial charge is 0.504 e. The van der Waals surface area contributed by atoms with Crippen LogP contribution in [0.25, 0.3) is 0 Å². The lowest BCUT2D eigenvalue weighted by atomic mass is 9.71. The van der Waals surface area contributed by atoms with Gasteiger partial charge in [-0.15, -0.1) is 0 Å². The number of likely N-dealkylation sites (N-methyl/N-ethyl adjacent to an activating group) is 2. The predicted octanol–water partition coefficient (Wildman–Crippen LogP) is 6.57. The predicted molar refractivity (Wildman–Crippen MR) is 283 cm³/mol. The zero-order valence-electron chi connectivity index (χ0n) is 46.8. The number of rotatable bonds is 9. The number of ether oxygens (including phenoxy) is 10. The van der Waals surface area contributed by atoms with E-state index in [1.54, 1.807) is 21.3 Å². The number of aliphatic hydroxyl groups is 1. The molecule has 2 N–H and O–H groups in total. The zero-order chi connectivity index (χ0) is 56.2. The maximum Gasteiger partial charge on any atom is 0.308 e. The van der Waals surface area contributed by atoms with Crippen molar-refractivity contribution in [1.29, 1.82) is 10.5 Å². The fourth-order valence-electron chi connectivity index (χ4n) is 15.0. The van der Waals surface area contributed by atoms with Gasteiger partial charge in [0.15, 0.2) is 52.8 Å². The molecule has 2 fully saturated rings. The van der Waals surface area contributed by atoms with Gasteiger partial charge in [0.1, 0.15) is 23.6 Å². The van der Waals surface area contributed by atoms with Crippen LogP contribution >= 0.6 is 0 Å². The second kappa shape index (κ2) is 20.6. The SMILES string of the molecule is CC[C@H]1c2c(c(OC(C)=O)c(C)c3c2OCO3)CC2[C@H]3c4c(cc(C)c(OC)c4O)C[C@@H](C(C#N)N21)N3C.COCOc1c(OC)c(C)cc2c1[C@@H]1C3Cc4c(OC(C)=O)c(C)c5c(c4[C@H](CO)N3C(C#N)[C@H](C2)N1C)OCO5. The Morgan fingerprint density at radius 3 is 1.54 bits per heavy atom. The number of hydrogen-bond acceptors (Lipinski definition) is 20. The maximum absolute atomic E-state index is 12.3. The highest BCUT2D eigenvalue weighted by atomic mass is 16.7. The first-order valence-electron chi connectivity index (χ1n) is 26.9. The van der Waals surface area contributed by atoms with Crippen molar-refractivity contribution < 1.29 is 67.2 Å². The molecule has 8 aliphatic rings. The summed E-state index contributed by atoms with van der Waals surface area (Å²) in [4.78, 5) is 33.4. The third-order valence-corrected chi connectivity index (χ3v) is 17.9. The molecule has 20 nitrogen and oxygen atoms in total. The van der Waals surface area contributed by atoms with Crippen molar-refractivity contribution in [3.63, 3.8) is 0 Å². The fraction of sp³-hybridized carbons (Fsp3) is 0.525. The number of benzene rings is 4. The van der Waals surface area contributed by atoms with Gasteiger partial charge in [0.25, 0.3) is 0 Å². The van der Waals surface area contributed by atoms with Crippen LogP contribution in [0.15, 0.2) is 12.1 Å². The Morgan fingerprint density at radius 2 is 1.09 bits per heavy atom. The third-order valence-electron chi connectivity index (χ3n) is 17.9. The lowest BCUT2D eigenvalue weighted by Crippen LogP contribution is -2.68. The number of piperazine rings is 2. The summed E-state index contributed by atoms with van der Waals surface area (Å²) in [6.07, 6.45) is 2.94. The molecule has 4 aromatic carbocycles. The number of phenols is 1. The van der Waals surface area contributed by atoms with Crippen molar-refractivity contribution in [3.8, 4) is 69.6 Å². The lowest BCUT2D eigenvalue weighted by Gasteiger charge is -2.60. The molecular formula is C59H68N6O14. The van der Waals surface area contributed by atoms with Crippen LogP contribution in [0.5, 0.6) is 57.5 Å². The van der Waals surface area contributed by atoms with Crippen molar-refractivity contribution in [2.24, 2.45) is 0 Å². The summed E-state index contributed by atoms with van der Waals surface area (Å²) in [5.41, 5.74) is 10.5. The number of phenolic OH excluding ortho intramolecular Hbond substituents is 1. The Bertz CT molecular complexity index is 3280. The van der Waals surface area contributed by atoms with Crippen LogP contribution in [-0.2, 0) is 40.0 Å². The van der Waals surface area contributed by atoms with Gasteiger partial charge in [0.05, 0.1) is 51.1 Å². The van der Waals surface area contributed by atoms with E-state index in [1.165, 1.54) is 13.8 Å². The van der Waals surface area contributed by atoms with E-state index in [0.717, 1.165) is 62.1 Å². The average Bonchev–Trinajstić information content (AvgIpc) is 3.21. The summed E-state index contributed by atoms with van der Waals surface area (Å²) in [6.45, 7) is 12.4. The van der Waals surface area contributed by atoms with E-state index in [4.69, 9.17) is 47.4 Å². The second-order valence-electron chi connectivity index (χ2n) is 21.8. The minimum atomic E-state index is -0.588. The molecule has 0 saturated carbocycles. The molecule has 2 saturated heterocycles. The Hall–Kier alpha value is -7.04. The summed E-state index contributed by atoms with van der Waals surface area (Å²) < 4.78 is 58.1. The fourth-order valence-corrected chi connectivity index (χ4v) is 15.0. The van der Waals surface area contributed by atoms with Gasteiger partial charge in [-0.05, 0) is 96.1 Å². The Kier molecular flexibility index (Phi) is 14.0. The molecule has 20 heteroatoms. The molecule has 0 aromatic heterocycles. The number of aryl methyl sites for hydroxylation is 2. The van der Waals surface area contributed by atoms with E-state index >= 15 is 0 Å². The Morgan fingerprint density at radius 1 is 0.633 bits per heavy atom.